The molecule has 5 rings (SSSR count). The molecular formula is C24H19NO6. The van der Waals surface area contributed by atoms with Gasteiger partial charge in [-0.3, -0.25) is 9.59 Å². The molecule has 0 saturated heterocycles. The molecule has 3 aromatic carbocycles. The van der Waals surface area contributed by atoms with E-state index >= 15 is 0 Å². The summed E-state index contributed by atoms with van der Waals surface area (Å²) in [5.74, 6) is -0.0556. The number of aliphatic hydroxyl groups is 1. The van der Waals surface area contributed by atoms with E-state index < -0.39 is 23.7 Å². The molecule has 1 unspecified atom stereocenters. The number of phenols is 1. The molecule has 2 N–H and O–H groups in total. The van der Waals surface area contributed by atoms with Gasteiger partial charge in [-0.05, 0) is 35.9 Å². The zero-order valence-corrected chi connectivity index (χ0v) is 16.4. The number of fused-ring (bicyclic) bond motifs is 2. The highest BCUT2D eigenvalue weighted by Gasteiger charge is 2.51. The number of hydrogen-bond donors (Lipinski definition) is 2. The Morgan fingerprint density at radius 3 is 2.58 bits per heavy atom. The van der Waals surface area contributed by atoms with Crippen LogP contribution in [0.3, 0.4) is 0 Å². The molecule has 0 aromatic heterocycles. The van der Waals surface area contributed by atoms with Crippen LogP contribution in [-0.4, -0.2) is 28.7 Å². The number of carbonyl (C=O) groups excluding carboxylic acids is 2. The van der Waals surface area contributed by atoms with Crippen molar-refractivity contribution in [3.05, 3.63) is 83.4 Å². The SMILES string of the molecule is O=C(CC1(O)C(=O)N(Cc2ccc3c(c2)OCO3)c2ccccc21)c1ccccc1O. The molecule has 2 aliphatic heterocycles. The first-order valence-electron chi connectivity index (χ1n) is 9.81. The van der Waals surface area contributed by atoms with Gasteiger partial charge in [-0.1, -0.05) is 36.4 Å². The number of amides is 1. The highest BCUT2D eigenvalue weighted by molar-refractivity contribution is 6.11. The molecule has 0 bridgehead atoms. The van der Waals surface area contributed by atoms with Crippen LogP contribution in [0.4, 0.5) is 5.69 Å². The van der Waals surface area contributed by atoms with Crippen molar-refractivity contribution in [1.82, 2.24) is 0 Å². The Labute approximate surface area is 178 Å². The normalized spacial score (nSPS) is 18.9. The van der Waals surface area contributed by atoms with Crippen molar-refractivity contribution >= 4 is 17.4 Å². The number of aromatic hydroxyl groups is 1. The van der Waals surface area contributed by atoms with Gasteiger partial charge in [-0.25, -0.2) is 0 Å². The van der Waals surface area contributed by atoms with E-state index in [4.69, 9.17) is 9.47 Å². The van der Waals surface area contributed by atoms with E-state index in [9.17, 15) is 19.8 Å². The maximum Gasteiger partial charge on any atom is 0.264 e. The van der Waals surface area contributed by atoms with Crippen LogP contribution in [0.5, 0.6) is 17.2 Å². The summed E-state index contributed by atoms with van der Waals surface area (Å²) in [5, 5.41) is 21.4. The van der Waals surface area contributed by atoms with Crippen LogP contribution in [0, 0.1) is 0 Å². The van der Waals surface area contributed by atoms with Gasteiger partial charge in [0.25, 0.3) is 5.91 Å². The number of carbonyl (C=O) groups is 2. The average Bonchev–Trinajstić information content (AvgIpc) is 3.31. The highest BCUT2D eigenvalue weighted by atomic mass is 16.7. The van der Waals surface area contributed by atoms with Crippen LogP contribution >= 0.6 is 0 Å². The van der Waals surface area contributed by atoms with Crippen LogP contribution in [-0.2, 0) is 16.9 Å². The van der Waals surface area contributed by atoms with Gasteiger partial charge in [0.2, 0.25) is 6.79 Å². The van der Waals surface area contributed by atoms with Gasteiger partial charge in [-0.15, -0.1) is 0 Å². The van der Waals surface area contributed by atoms with Gasteiger partial charge < -0.3 is 24.6 Å². The summed E-state index contributed by atoms with van der Waals surface area (Å²) in [4.78, 5) is 27.7. The summed E-state index contributed by atoms with van der Waals surface area (Å²) in [6.07, 6.45) is -0.474. The smallest absolute Gasteiger partial charge is 0.264 e. The molecule has 1 amide bonds. The molecule has 31 heavy (non-hydrogen) atoms. The topological polar surface area (TPSA) is 96.3 Å². The maximum absolute atomic E-state index is 13.4. The zero-order valence-electron chi connectivity index (χ0n) is 16.4. The first kappa shape index (κ1) is 19.1. The second kappa shape index (κ2) is 7.14. The molecule has 0 aliphatic carbocycles. The Morgan fingerprint density at radius 2 is 1.74 bits per heavy atom. The summed E-state index contributed by atoms with van der Waals surface area (Å²) < 4.78 is 10.7. The second-order valence-corrected chi connectivity index (χ2v) is 7.57. The third-order valence-electron chi connectivity index (χ3n) is 5.64. The number of Topliss-reactive ketones (excluding diaryl/α,β-unsaturated/α-hetero) is 1. The number of rotatable bonds is 5. The van der Waals surface area contributed by atoms with Crippen molar-refractivity contribution in [3.63, 3.8) is 0 Å². The van der Waals surface area contributed by atoms with Gasteiger partial charge in [0.15, 0.2) is 22.9 Å². The number of phenolic OH excluding ortho intramolecular Hbond substituents is 1. The Balaban J connectivity index is 1.48. The number of ketones is 1. The molecule has 2 heterocycles. The van der Waals surface area contributed by atoms with Crippen LogP contribution < -0.4 is 14.4 Å². The minimum absolute atomic E-state index is 0.0652. The molecule has 7 nitrogen and oxygen atoms in total. The third kappa shape index (κ3) is 3.10. The quantitative estimate of drug-likeness (QED) is 0.620. The summed E-state index contributed by atoms with van der Waals surface area (Å²) in [6, 6.07) is 18.4. The number of para-hydroxylation sites is 2. The number of ether oxygens (including phenoxy) is 2. The van der Waals surface area contributed by atoms with Gasteiger partial charge in [0, 0.05) is 5.56 Å². The van der Waals surface area contributed by atoms with Crippen molar-refractivity contribution in [2.45, 2.75) is 18.6 Å². The minimum Gasteiger partial charge on any atom is -0.507 e. The lowest BCUT2D eigenvalue weighted by Crippen LogP contribution is -2.41. The Bertz CT molecular complexity index is 1210. The zero-order chi connectivity index (χ0) is 21.6. The molecule has 7 heteroatoms. The van der Waals surface area contributed by atoms with E-state index in [1.807, 2.05) is 6.07 Å². The van der Waals surface area contributed by atoms with Crippen molar-refractivity contribution in [1.29, 1.82) is 0 Å². The molecule has 0 spiro atoms. The number of hydrogen-bond acceptors (Lipinski definition) is 6. The van der Waals surface area contributed by atoms with E-state index in [0.717, 1.165) is 5.56 Å². The molecule has 0 fully saturated rings. The summed E-state index contributed by atoms with van der Waals surface area (Å²) in [6.45, 7) is 0.345. The van der Waals surface area contributed by atoms with Gasteiger partial charge in [0.05, 0.1) is 24.2 Å². The molecule has 3 aromatic rings. The van der Waals surface area contributed by atoms with Crippen LogP contribution in [0.15, 0.2) is 66.7 Å². The van der Waals surface area contributed by atoms with E-state index in [0.29, 0.717) is 22.7 Å². The molecule has 0 saturated carbocycles. The number of anilines is 1. The highest BCUT2D eigenvalue weighted by Crippen LogP contribution is 2.44. The van der Waals surface area contributed by atoms with Gasteiger partial charge in [0.1, 0.15) is 5.75 Å². The maximum atomic E-state index is 13.4. The Morgan fingerprint density at radius 1 is 1.00 bits per heavy atom. The largest absolute Gasteiger partial charge is 0.507 e. The Kier molecular flexibility index (Phi) is 4.41. The summed E-state index contributed by atoms with van der Waals surface area (Å²) >= 11 is 0. The van der Waals surface area contributed by atoms with Gasteiger partial charge >= 0.3 is 0 Å². The van der Waals surface area contributed by atoms with Crippen molar-refractivity contribution < 1.29 is 29.3 Å². The fourth-order valence-corrected chi connectivity index (χ4v) is 4.09. The minimum atomic E-state index is -2.02. The summed E-state index contributed by atoms with van der Waals surface area (Å²) in [5.41, 5.74) is -0.256. The predicted molar refractivity (Wildman–Crippen MR) is 111 cm³/mol. The molecule has 2 aliphatic rings. The first-order chi connectivity index (χ1) is 15.0. The van der Waals surface area contributed by atoms with Crippen LogP contribution in [0.2, 0.25) is 0 Å². The van der Waals surface area contributed by atoms with Crippen LogP contribution in [0.1, 0.15) is 27.9 Å². The van der Waals surface area contributed by atoms with E-state index in [2.05, 4.69) is 0 Å². The molecule has 0 radical (unpaired) electrons. The average molecular weight is 417 g/mol. The van der Waals surface area contributed by atoms with E-state index in [1.54, 1.807) is 48.5 Å². The molecular weight excluding hydrogens is 398 g/mol. The van der Waals surface area contributed by atoms with Crippen LogP contribution in [0.25, 0.3) is 0 Å². The lowest BCUT2D eigenvalue weighted by atomic mass is 9.88. The Hall–Kier alpha value is -3.84. The monoisotopic (exact) mass is 417 g/mol. The van der Waals surface area contributed by atoms with Crippen molar-refractivity contribution in [2.75, 3.05) is 11.7 Å². The standard InChI is InChI=1S/C24H19NO6/c26-19-8-4-1-5-16(19)20(27)12-24(29)17-6-2-3-7-18(17)25(23(24)28)13-15-9-10-21-22(11-15)31-14-30-21/h1-11,26,29H,12-14H2. The third-order valence-corrected chi connectivity index (χ3v) is 5.64. The first-order valence-corrected chi connectivity index (χ1v) is 9.81. The number of nitrogens with zero attached hydrogens (tertiary/aromatic N) is 1. The lowest BCUT2D eigenvalue weighted by Gasteiger charge is -2.23. The molecule has 156 valence electrons. The fraction of sp³-hybridized carbons (Fsp3) is 0.167. The van der Waals surface area contributed by atoms with Crippen molar-refractivity contribution in [3.8, 4) is 17.2 Å². The summed E-state index contributed by atoms with van der Waals surface area (Å²) in [7, 11) is 0. The van der Waals surface area contributed by atoms with E-state index in [1.165, 1.54) is 17.0 Å². The van der Waals surface area contributed by atoms with E-state index in [-0.39, 0.29) is 24.7 Å². The number of benzene rings is 3. The fourth-order valence-electron chi connectivity index (χ4n) is 4.09. The second-order valence-electron chi connectivity index (χ2n) is 7.57. The van der Waals surface area contributed by atoms with Crippen molar-refractivity contribution in [2.24, 2.45) is 0 Å². The molecule has 1 atom stereocenters. The van der Waals surface area contributed by atoms with Gasteiger partial charge in [-0.2, -0.15) is 0 Å². The predicted octanol–water partition coefficient (Wildman–Crippen LogP) is 3.13. The lowest BCUT2D eigenvalue weighted by molar-refractivity contribution is -0.136.